The van der Waals surface area contributed by atoms with Crippen molar-refractivity contribution < 1.29 is 14.3 Å². The van der Waals surface area contributed by atoms with Crippen molar-refractivity contribution in [1.29, 1.82) is 0 Å². The number of hydrogen-bond acceptors (Lipinski definition) is 4. The van der Waals surface area contributed by atoms with Crippen LogP contribution in [-0.4, -0.2) is 37.1 Å². The third-order valence-corrected chi connectivity index (χ3v) is 3.94. The monoisotopic (exact) mass is 355 g/mol. The molecule has 1 aliphatic heterocycles. The number of morpholine rings is 1. The lowest BCUT2D eigenvalue weighted by molar-refractivity contribution is -0.123. The summed E-state index contributed by atoms with van der Waals surface area (Å²) < 4.78 is 5.50. The van der Waals surface area contributed by atoms with E-state index < -0.39 is 0 Å². The van der Waals surface area contributed by atoms with Crippen molar-refractivity contribution in [3.8, 4) is 0 Å². The van der Waals surface area contributed by atoms with E-state index in [1.54, 1.807) is 0 Å². The molecule has 134 valence electrons. The Hall–Kier alpha value is -1.63. The van der Waals surface area contributed by atoms with Crippen LogP contribution in [0.5, 0.6) is 0 Å². The number of nitrogens with one attached hydrogen (secondary N) is 3. The standard InChI is InChI=1S/C17H25N3O3.ClH/c1-4-6-15(21)19-13-7-5-8-14(11(13)2)20-17(22)16-12(3)23-10-9-18-16;/h5,7-8,12,16,18H,4,6,9-10H2,1-3H3,(H,19,21)(H,20,22);1H/t12-,16+;/m1./s1. The fraction of sp³-hybridized carbons (Fsp3) is 0.529. The van der Waals surface area contributed by atoms with Gasteiger partial charge in [0.05, 0.1) is 12.7 Å². The van der Waals surface area contributed by atoms with Gasteiger partial charge in [-0.25, -0.2) is 0 Å². The lowest BCUT2D eigenvalue weighted by Crippen LogP contribution is -2.53. The molecule has 1 aromatic carbocycles. The van der Waals surface area contributed by atoms with Crippen LogP contribution in [0.4, 0.5) is 11.4 Å². The molecule has 0 aliphatic carbocycles. The Balaban J connectivity index is 0.00000288. The summed E-state index contributed by atoms with van der Waals surface area (Å²) in [5.74, 6) is -0.146. The van der Waals surface area contributed by atoms with Crippen LogP contribution in [0.1, 0.15) is 32.3 Å². The fourth-order valence-corrected chi connectivity index (χ4v) is 2.58. The molecule has 2 atom stereocenters. The molecule has 0 saturated carbocycles. The number of ether oxygens (including phenoxy) is 1. The quantitative estimate of drug-likeness (QED) is 0.758. The highest BCUT2D eigenvalue weighted by atomic mass is 35.5. The highest BCUT2D eigenvalue weighted by Gasteiger charge is 2.28. The van der Waals surface area contributed by atoms with Crippen LogP contribution in [0, 0.1) is 6.92 Å². The number of carbonyl (C=O) groups is 2. The Bertz CT molecular complexity index is 580. The maximum atomic E-state index is 12.4. The van der Waals surface area contributed by atoms with Gasteiger partial charge in [0.2, 0.25) is 11.8 Å². The zero-order valence-corrected chi connectivity index (χ0v) is 15.2. The van der Waals surface area contributed by atoms with Gasteiger partial charge in [-0.3, -0.25) is 9.59 Å². The molecule has 1 heterocycles. The summed E-state index contributed by atoms with van der Waals surface area (Å²) in [7, 11) is 0. The smallest absolute Gasteiger partial charge is 0.244 e. The highest BCUT2D eigenvalue weighted by Crippen LogP contribution is 2.24. The minimum Gasteiger partial charge on any atom is -0.375 e. The molecule has 1 aromatic rings. The van der Waals surface area contributed by atoms with Crippen molar-refractivity contribution in [2.45, 2.75) is 45.8 Å². The second-order valence-electron chi connectivity index (χ2n) is 5.77. The average Bonchev–Trinajstić information content (AvgIpc) is 2.52. The Morgan fingerprint density at radius 2 is 1.96 bits per heavy atom. The van der Waals surface area contributed by atoms with Gasteiger partial charge >= 0.3 is 0 Å². The van der Waals surface area contributed by atoms with Gasteiger partial charge in [0, 0.05) is 24.3 Å². The van der Waals surface area contributed by atoms with Gasteiger partial charge in [0.25, 0.3) is 0 Å². The molecule has 24 heavy (non-hydrogen) atoms. The maximum absolute atomic E-state index is 12.4. The molecule has 0 aromatic heterocycles. The van der Waals surface area contributed by atoms with Gasteiger partial charge in [-0.1, -0.05) is 13.0 Å². The number of amides is 2. The van der Waals surface area contributed by atoms with E-state index in [-0.39, 0.29) is 36.4 Å². The first kappa shape index (κ1) is 20.4. The van der Waals surface area contributed by atoms with E-state index in [0.717, 1.165) is 17.7 Å². The highest BCUT2D eigenvalue weighted by molar-refractivity contribution is 5.98. The minimum atomic E-state index is -0.374. The number of hydrogen-bond donors (Lipinski definition) is 3. The van der Waals surface area contributed by atoms with Crippen molar-refractivity contribution in [1.82, 2.24) is 5.32 Å². The molecule has 0 radical (unpaired) electrons. The number of halogens is 1. The van der Waals surface area contributed by atoms with Crippen LogP contribution in [-0.2, 0) is 14.3 Å². The van der Waals surface area contributed by atoms with E-state index in [2.05, 4.69) is 16.0 Å². The Morgan fingerprint density at radius 1 is 1.29 bits per heavy atom. The molecule has 7 heteroatoms. The summed E-state index contributed by atoms with van der Waals surface area (Å²) in [4.78, 5) is 24.2. The number of rotatable bonds is 5. The molecule has 6 nitrogen and oxygen atoms in total. The van der Waals surface area contributed by atoms with E-state index in [0.29, 0.717) is 25.3 Å². The van der Waals surface area contributed by atoms with Crippen molar-refractivity contribution in [2.24, 2.45) is 0 Å². The molecule has 3 N–H and O–H groups in total. The van der Waals surface area contributed by atoms with E-state index in [1.807, 2.05) is 39.0 Å². The molecule has 0 unspecified atom stereocenters. The first-order chi connectivity index (χ1) is 11.0. The third kappa shape index (κ3) is 5.19. The summed E-state index contributed by atoms with van der Waals surface area (Å²) in [6, 6.07) is 5.11. The first-order valence-electron chi connectivity index (χ1n) is 8.08. The van der Waals surface area contributed by atoms with Crippen LogP contribution >= 0.6 is 12.4 Å². The molecule has 0 bridgehead atoms. The molecule has 2 rings (SSSR count). The largest absolute Gasteiger partial charge is 0.375 e. The predicted molar refractivity (Wildman–Crippen MR) is 97.8 cm³/mol. The Labute approximate surface area is 149 Å². The summed E-state index contributed by atoms with van der Waals surface area (Å²) in [6.07, 6.45) is 1.11. The fourth-order valence-electron chi connectivity index (χ4n) is 2.58. The van der Waals surface area contributed by atoms with Gasteiger partial charge in [-0.05, 0) is 38.0 Å². The SMILES string of the molecule is CCCC(=O)Nc1cccc(NC(=O)[C@H]2NCCO[C@@H]2C)c1C.Cl. The first-order valence-corrected chi connectivity index (χ1v) is 8.08. The normalized spacial score (nSPS) is 20.0. The Kier molecular flexibility index (Phi) is 8.18. The van der Waals surface area contributed by atoms with E-state index >= 15 is 0 Å². The summed E-state index contributed by atoms with van der Waals surface area (Å²) in [5, 5.41) is 8.97. The van der Waals surface area contributed by atoms with Gasteiger partial charge in [0.1, 0.15) is 6.04 Å². The van der Waals surface area contributed by atoms with Crippen LogP contribution in [0.15, 0.2) is 18.2 Å². The maximum Gasteiger partial charge on any atom is 0.244 e. The molecular formula is C17H26ClN3O3. The zero-order valence-electron chi connectivity index (χ0n) is 14.3. The lowest BCUT2D eigenvalue weighted by Gasteiger charge is -2.29. The van der Waals surface area contributed by atoms with Crippen molar-refractivity contribution in [2.75, 3.05) is 23.8 Å². The zero-order chi connectivity index (χ0) is 16.8. The second-order valence-corrected chi connectivity index (χ2v) is 5.77. The molecule has 0 spiro atoms. The van der Waals surface area contributed by atoms with Gasteiger partial charge in [-0.2, -0.15) is 0 Å². The molecule has 1 fully saturated rings. The number of carbonyl (C=O) groups excluding carboxylic acids is 2. The topological polar surface area (TPSA) is 79.5 Å². The summed E-state index contributed by atoms with van der Waals surface area (Å²) in [6.45, 7) is 7.00. The third-order valence-electron chi connectivity index (χ3n) is 3.94. The van der Waals surface area contributed by atoms with Gasteiger partial charge in [-0.15, -0.1) is 12.4 Å². The number of anilines is 2. The summed E-state index contributed by atoms with van der Waals surface area (Å²) in [5.41, 5.74) is 2.26. The molecule has 1 aliphatic rings. The molecule has 2 amide bonds. The van der Waals surface area contributed by atoms with Gasteiger partial charge in [0.15, 0.2) is 0 Å². The Morgan fingerprint density at radius 3 is 2.58 bits per heavy atom. The predicted octanol–water partition coefficient (Wildman–Crippen LogP) is 2.47. The van der Waals surface area contributed by atoms with E-state index in [9.17, 15) is 9.59 Å². The van der Waals surface area contributed by atoms with Crippen LogP contribution in [0.2, 0.25) is 0 Å². The van der Waals surface area contributed by atoms with Crippen molar-refractivity contribution >= 4 is 35.6 Å². The van der Waals surface area contributed by atoms with Crippen LogP contribution in [0.25, 0.3) is 0 Å². The number of benzene rings is 1. The van der Waals surface area contributed by atoms with Crippen LogP contribution < -0.4 is 16.0 Å². The molecular weight excluding hydrogens is 330 g/mol. The summed E-state index contributed by atoms with van der Waals surface area (Å²) >= 11 is 0. The van der Waals surface area contributed by atoms with Gasteiger partial charge < -0.3 is 20.7 Å². The van der Waals surface area contributed by atoms with E-state index in [4.69, 9.17) is 4.74 Å². The van der Waals surface area contributed by atoms with Crippen molar-refractivity contribution in [3.63, 3.8) is 0 Å². The minimum absolute atomic E-state index is 0. The second kappa shape index (κ2) is 9.61. The van der Waals surface area contributed by atoms with E-state index in [1.165, 1.54) is 0 Å². The van der Waals surface area contributed by atoms with Crippen LogP contribution in [0.3, 0.4) is 0 Å². The average molecular weight is 356 g/mol. The lowest BCUT2D eigenvalue weighted by atomic mass is 10.1. The molecule has 1 saturated heterocycles. The van der Waals surface area contributed by atoms with Crippen molar-refractivity contribution in [3.05, 3.63) is 23.8 Å².